The van der Waals surface area contributed by atoms with Crippen LogP contribution in [-0.2, 0) is 5.41 Å². The smallest absolute Gasteiger partial charge is 0.268 e. The number of amides is 1. The predicted molar refractivity (Wildman–Crippen MR) is 79.9 cm³/mol. The van der Waals surface area contributed by atoms with Crippen LogP contribution < -0.4 is 5.32 Å². The van der Waals surface area contributed by atoms with Gasteiger partial charge in [-0.25, -0.2) is 0 Å². The van der Waals surface area contributed by atoms with E-state index < -0.39 is 0 Å². The molecule has 0 spiro atoms. The highest BCUT2D eigenvalue weighted by atomic mass is 79.9. The molecule has 0 saturated heterocycles. The first kappa shape index (κ1) is 14.3. The van der Waals surface area contributed by atoms with Gasteiger partial charge in [0.25, 0.3) is 5.91 Å². The van der Waals surface area contributed by atoms with Crippen molar-refractivity contribution in [3.63, 3.8) is 0 Å². The Morgan fingerprint density at radius 1 is 1.42 bits per heavy atom. The molecular formula is C13H15BrN2O2S. The molecule has 2 heterocycles. The van der Waals surface area contributed by atoms with Gasteiger partial charge in [0.05, 0.1) is 14.4 Å². The molecule has 0 radical (unpaired) electrons. The van der Waals surface area contributed by atoms with Crippen LogP contribution in [0.3, 0.4) is 0 Å². The quantitative estimate of drug-likeness (QED) is 0.882. The van der Waals surface area contributed by atoms with E-state index in [4.69, 9.17) is 4.52 Å². The second kappa shape index (κ2) is 5.09. The van der Waals surface area contributed by atoms with Gasteiger partial charge in [0.15, 0.2) is 0 Å². The average molecular weight is 343 g/mol. The molecule has 0 aliphatic carbocycles. The molecule has 2 rings (SSSR count). The molecule has 6 heteroatoms. The van der Waals surface area contributed by atoms with Crippen molar-refractivity contribution in [2.24, 2.45) is 0 Å². The van der Waals surface area contributed by atoms with Gasteiger partial charge in [0.2, 0.25) is 5.88 Å². The lowest BCUT2D eigenvalue weighted by Crippen LogP contribution is -2.11. The lowest BCUT2D eigenvalue weighted by atomic mass is 9.92. The third-order valence-electron chi connectivity index (χ3n) is 2.60. The highest BCUT2D eigenvalue weighted by Crippen LogP contribution is 2.28. The largest absolute Gasteiger partial charge is 0.338 e. The van der Waals surface area contributed by atoms with E-state index in [9.17, 15) is 4.79 Å². The molecule has 0 bridgehead atoms. The van der Waals surface area contributed by atoms with Crippen molar-refractivity contribution in [1.82, 2.24) is 5.16 Å². The fourth-order valence-corrected chi connectivity index (χ4v) is 2.86. The molecule has 1 N–H and O–H groups in total. The molecular weight excluding hydrogens is 328 g/mol. The van der Waals surface area contributed by atoms with Crippen LogP contribution in [0.25, 0.3) is 0 Å². The van der Waals surface area contributed by atoms with Crippen LogP contribution in [-0.4, -0.2) is 11.1 Å². The number of aromatic nitrogens is 1. The average Bonchev–Trinajstić information content (AvgIpc) is 2.86. The Balaban J connectivity index is 2.13. The summed E-state index contributed by atoms with van der Waals surface area (Å²) in [5.41, 5.74) is 1.75. The Morgan fingerprint density at radius 3 is 2.58 bits per heavy atom. The molecule has 2 aromatic heterocycles. The molecule has 0 saturated carbocycles. The van der Waals surface area contributed by atoms with Crippen LogP contribution >= 0.6 is 27.3 Å². The third kappa shape index (κ3) is 3.25. The first-order chi connectivity index (χ1) is 8.77. The number of carbonyl (C=O) groups is 1. The van der Waals surface area contributed by atoms with Gasteiger partial charge in [-0.05, 0) is 34.5 Å². The van der Waals surface area contributed by atoms with Gasteiger partial charge >= 0.3 is 0 Å². The molecule has 0 aromatic carbocycles. The maximum Gasteiger partial charge on any atom is 0.268 e. The van der Waals surface area contributed by atoms with E-state index in [1.807, 2.05) is 33.8 Å². The standard InChI is InChI=1S/C13H15BrN2O2S/c1-7-5-8(19-11(7)14)12(17)15-10-6-9(16-18-10)13(2,3)4/h5-6H,1-4H3,(H,15,17). The first-order valence-corrected chi connectivity index (χ1v) is 7.43. The number of nitrogens with one attached hydrogen (secondary N) is 1. The van der Waals surface area contributed by atoms with E-state index >= 15 is 0 Å². The number of nitrogens with zero attached hydrogens (tertiary/aromatic N) is 1. The van der Waals surface area contributed by atoms with Crippen molar-refractivity contribution in [1.29, 1.82) is 0 Å². The number of thiophene rings is 1. The second-order valence-electron chi connectivity index (χ2n) is 5.35. The minimum Gasteiger partial charge on any atom is -0.338 e. The zero-order valence-corrected chi connectivity index (χ0v) is 13.6. The van der Waals surface area contributed by atoms with E-state index in [0.29, 0.717) is 10.8 Å². The topological polar surface area (TPSA) is 55.1 Å². The van der Waals surface area contributed by atoms with Crippen LogP contribution in [0.1, 0.15) is 41.7 Å². The molecule has 2 aromatic rings. The Kier molecular flexibility index (Phi) is 3.82. The molecule has 19 heavy (non-hydrogen) atoms. The molecule has 1 amide bonds. The molecule has 0 fully saturated rings. The summed E-state index contributed by atoms with van der Waals surface area (Å²) in [6.07, 6.45) is 0. The minimum absolute atomic E-state index is 0.102. The minimum atomic E-state index is -0.185. The van der Waals surface area contributed by atoms with Crippen molar-refractivity contribution in [2.75, 3.05) is 5.32 Å². The summed E-state index contributed by atoms with van der Waals surface area (Å²) < 4.78 is 6.09. The Hall–Kier alpha value is -1.14. The number of hydrogen-bond acceptors (Lipinski definition) is 4. The number of rotatable bonds is 2. The maximum absolute atomic E-state index is 12.0. The van der Waals surface area contributed by atoms with Gasteiger partial charge in [0.1, 0.15) is 0 Å². The number of carbonyl (C=O) groups excluding carboxylic acids is 1. The van der Waals surface area contributed by atoms with Gasteiger partial charge in [-0.3, -0.25) is 10.1 Å². The maximum atomic E-state index is 12.0. The van der Waals surface area contributed by atoms with E-state index in [1.54, 1.807) is 6.07 Å². The molecule has 102 valence electrons. The van der Waals surface area contributed by atoms with E-state index in [2.05, 4.69) is 26.4 Å². The summed E-state index contributed by atoms with van der Waals surface area (Å²) in [7, 11) is 0. The second-order valence-corrected chi connectivity index (χ2v) is 7.72. The fraction of sp³-hybridized carbons (Fsp3) is 0.385. The van der Waals surface area contributed by atoms with Crippen LogP contribution in [0, 0.1) is 6.92 Å². The fourth-order valence-electron chi connectivity index (χ4n) is 1.43. The van der Waals surface area contributed by atoms with Crippen molar-refractivity contribution in [2.45, 2.75) is 33.1 Å². The summed E-state index contributed by atoms with van der Waals surface area (Å²) in [6, 6.07) is 3.60. The van der Waals surface area contributed by atoms with Crippen molar-refractivity contribution < 1.29 is 9.32 Å². The summed E-state index contributed by atoms with van der Waals surface area (Å²) in [6.45, 7) is 8.06. The lowest BCUT2D eigenvalue weighted by Gasteiger charge is -2.12. The van der Waals surface area contributed by atoms with Crippen LogP contribution in [0.4, 0.5) is 5.88 Å². The monoisotopic (exact) mass is 342 g/mol. The first-order valence-electron chi connectivity index (χ1n) is 5.82. The molecule has 0 aliphatic heterocycles. The highest BCUT2D eigenvalue weighted by Gasteiger charge is 2.20. The van der Waals surface area contributed by atoms with Gasteiger partial charge in [0, 0.05) is 11.5 Å². The highest BCUT2D eigenvalue weighted by molar-refractivity contribution is 9.11. The van der Waals surface area contributed by atoms with E-state index in [-0.39, 0.29) is 11.3 Å². The van der Waals surface area contributed by atoms with Crippen molar-refractivity contribution in [3.05, 3.63) is 32.1 Å². The van der Waals surface area contributed by atoms with Crippen molar-refractivity contribution >= 4 is 39.1 Å². The predicted octanol–water partition coefficient (Wildman–Crippen LogP) is 4.36. The lowest BCUT2D eigenvalue weighted by molar-refractivity contribution is 0.102. The molecule has 4 nitrogen and oxygen atoms in total. The Bertz CT molecular complexity index is 591. The number of aryl methyl sites for hydroxylation is 1. The third-order valence-corrected chi connectivity index (χ3v) is 4.73. The molecule has 0 atom stereocenters. The van der Waals surface area contributed by atoms with Gasteiger partial charge < -0.3 is 4.52 Å². The van der Waals surface area contributed by atoms with Crippen molar-refractivity contribution in [3.8, 4) is 0 Å². The summed E-state index contributed by atoms with van der Waals surface area (Å²) in [4.78, 5) is 12.7. The van der Waals surface area contributed by atoms with Crippen LogP contribution in [0.5, 0.6) is 0 Å². The van der Waals surface area contributed by atoms with Gasteiger partial charge in [-0.1, -0.05) is 25.9 Å². The number of halogens is 1. The van der Waals surface area contributed by atoms with Gasteiger partial charge in [-0.15, -0.1) is 11.3 Å². The zero-order valence-electron chi connectivity index (χ0n) is 11.2. The SMILES string of the molecule is Cc1cc(C(=O)Nc2cc(C(C)(C)C)no2)sc1Br. The van der Waals surface area contributed by atoms with E-state index in [0.717, 1.165) is 15.0 Å². The zero-order chi connectivity index (χ0) is 14.2. The molecule has 0 unspecified atom stereocenters. The summed E-state index contributed by atoms with van der Waals surface area (Å²) in [5.74, 6) is 0.188. The number of hydrogen-bond donors (Lipinski definition) is 1. The molecule has 0 aliphatic rings. The Labute approximate surface area is 124 Å². The van der Waals surface area contributed by atoms with Crippen LogP contribution in [0.15, 0.2) is 20.4 Å². The summed E-state index contributed by atoms with van der Waals surface area (Å²) >= 11 is 4.80. The van der Waals surface area contributed by atoms with Crippen LogP contribution in [0.2, 0.25) is 0 Å². The Morgan fingerprint density at radius 2 is 2.11 bits per heavy atom. The van der Waals surface area contributed by atoms with E-state index in [1.165, 1.54) is 11.3 Å². The number of anilines is 1. The van der Waals surface area contributed by atoms with Gasteiger partial charge in [-0.2, -0.15) is 0 Å². The normalized spacial score (nSPS) is 11.6. The summed E-state index contributed by atoms with van der Waals surface area (Å²) in [5, 5.41) is 6.67.